The summed E-state index contributed by atoms with van der Waals surface area (Å²) < 4.78 is 5.39. The van der Waals surface area contributed by atoms with Gasteiger partial charge in [0.25, 0.3) is 0 Å². The summed E-state index contributed by atoms with van der Waals surface area (Å²) in [5.74, 6) is 0.921. The number of aryl methyl sites for hydroxylation is 2. The molecule has 0 heterocycles. The summed E-state index contributed by atoms with van der Waals surface area (Å²) in [5, 5.41) is 7.07. The smallest absolute Gasteiger partial charge is 0.170 e. The normalized spacial score (nSPS) is 10.1. The highest BCUT2D eigenvalue weighted by molar-refractivity contribution is 7.80. The summed E-state index contributed by atoms with van der Waals surface area (Å²) in [7, 11) is 1.70. The second-order valence-corrected chi connectivity index (χ2v) is 5.72. The van der Waals surface area contributed by atoms with Crippen molar-refractivity contribution in [2.45, 2.75) is 20.3 Å². The molecule has 0 unspecified atom stereocenters. The number of nitrogens with one attached hydrogen (secondary N) is 2. The fourth-order valence-corrected chi connectivity index (χ4v) is 2.53. The lowest BCUT2D eigenvalue weighted by Gasteiger charge is -2.13. The first-order valence-corrected chi connectivity index (χ1v) is 7.74. The number of rotatable bonds is 5. The second-order valence-electron chi connectivity index (χ2n) is 5.32. The average Bonchev–Trinajstić information content (AvgIpc) is 2.47. The number of hydrogen-bond donors (Lipinski definition) is 2. The van der Waals surface area contributed by atoms with Crippen molar-refractivity contribution in [3.8, 4) is 5.75 Å². The van der Waals surface area contributed by atoms with Crippen molar-refractivity contribution in [1.29, 1.82) is 0 Å². The number of anilines is 1. The topological polar surface area (TPSA) is 33.3 Å². The van der Waals surface area contributed by atoms with E-state index in [9.17, 15) is 0 Å². The predicted molar refractivity (Wildman–Crippen MR) is 96.8 cm³/mol. The van der Waals surface area contributed by atoms with Gasteiger partial charge in [0, 0.05) is 12.2 Å². The van der Waals surface area contributed by atoms with Gasteiger partial charge in [0.15, 0.2) is 5.11 Å². The maximum Gasteiger partial charge on any atom is 0.170 e. The van der Waals surface area contributed by atoms with Gasteiger partial charge >= 0.3 is 0 Å². The molecular weight excluding hydrogens is 292 g/mol. The van der Waals surface area contributed by atoms with Gasteiger partial charge in [-0.05, 0) is 61.8 Å². The minimum atomic E-state index is 0.636. The molecule has 4 heteroatoms. The van der Waals surface area contributed by atoms with E-state index >= 15 is 0 Å². The molecule has 0 atom stereocenters. The van der Waals surface area contributed by atoms with E-state index < -0.39 is 0 Å². The maximum absolute atomic E-state index is 5.39. The van der Waals surface area contributed by atoms with Crippen LogP contribution in [0.1, 0.15) is 16.7 Å². The third-order valence-corrected chi connectivity index (χ3v) is 3.64. The highest BCUT2D eigenvalue weighted by atomic mass is 32.1. The lowest BCUT2D eigenvalue weighted by molar-refractivity contribution is 0.409. The second kappa shape index (κ2) is 7.80. The van der Waals surface area contributed by atoms with Crippen molar-refractivity contribution in [3.63, 3.8) is 0 Å². The van der Waals surface area contributed by atoms with Crippen LogP contribution < -0.4 is 15.4 Å². The van der Waals surface area contributed by atoms with Crippen molar-refractivity contribution < 1.29 is 4.74 Å². The van der Waals surface area contributed by atoms with Crippen LogP contribution in [0.3, 0.4) is 0 Å². The van der Waals surface area contributed by atoms with Crippen LogP contribution in [-0.4, -0.2) is 18.8 Å². The quantitative estimate of drug-likeness (QED) is 0.822. The molecule has 2 aromatic rings. The van der Waals surface area contributed by atoms with E-state index in [-0.39, 0.29) is 0 Å². The van der Waals surface area contributed by atoms with Gasteiger partial charge < -0.3 is 15.4 Å². The number of ether oxygens (including phenoxy) is 1. The molecule has 0 aliphatic heterocycles. The molecule has 3 nitrogen and oxygen atoms in total. The number of thiocarbonyl (C=S) groups is 1. The first kappa shape index (κ1) is 16.3. The van der Waals surface area contributed by atoms with Gasteiger partial charge in [-0.25, -0.2) is 0 Å². The Balaban J connectivity index is 1.86. The SMILES string of the molecule is COc1ccc(C)cc1CCNC(=S)Nc1cccc(C)c1. The van der Waals surface area contributed by atoms with Crippen LogP contribution in [0.25, 0.3) is 0 Å². The molecule has 0 aliphatic carbocycles. The molecular formula is C18H22N2OS. The minimum Gasteiger partial charge on any atom is -0.496 e. The van der Waals surface area contributed by atoms with Gasteiger partial charge in [0.2, 0.25) is 0 Å². The largest absolute Gasteiger partial charge is 0.496 e. The Labute approximate surface area is 137 Å². The Hall–Kier alpha value is -2.07. The average molecular weight is 314 g/mol. The van der Waals surface area contributed by atoms with E-state index in [1.54, 1.807) is 7.11 Å². The molecule has 0 saturated heterocycles. The summed E-state index contributed by atoms with van der Waals surface area (Å²) in [4.78, 5) is 0. The predicted octanol–water partition coefficient (Wildman–Crippen LogP) is 3.84. The molecule has 0 aliphatic rings. The van der Waals surface area contributed by atoms with E-state index in [0.29, 0.717) is 5.11 Å². The van der Waals surface area contributed by atoms with Gasteiger partial charge in [-0.2, -0.15) is 0 Å². The standard InChI is InChI=1S/C18H22N2OS/c1-13-5-4-6-16(12-13)20-18(22)19-10-9-15-11-14(2)7-8-17(15)21-3/h4-8,11-12H,9-10H2,1-3H3,(H2,19,20,22). The lowest BCUT2D eigenvalue weighted by Crippen LogP contribution is -2.30. The van der Waals surface area contributed by atoms with Gasteiger partial charge in [-0.1, -0.05) is 29.8 Å². The Kier molecular flexibility index (Phi) is 5.78. The van der Waals surface area contributed by atoms with Gasteiger partial charge in [-0.15, -0.1) is 0 Å². The molecule has 0 bridgehead atoms. The number of methoxy groups -OCH3 is 1. The first-order chi connectivity index (χ1) is 10.6. The zero-order valence-electron chi connectivity index (χ0n) is 13.3. The zero-order chi connectivity index (χ0) is 15.9. The number of benzene rings is 2. The molecule has 0 fully saturated rings. The fourth-order valence-electron chi connectivity index (χ4n) is 2.31. The third kappa shape index (κ3) is 4.74. The monoisotopic (exact) mass is 314 g/mol. The van der Waals surface area contributed by atoms with Crippen LogP contribution in [-0.2, 0) is 6.42 Å². The number of hydrogen-bond acceptors (Lipinski definition) is 2. The zero-order valence-corrected chi connectivity index (χ0v) is 14.1. The van der Waals surface area contributed by atoms with Crippen molar-refractivity contribution >= 4 is 23.0 Å². The molecule has 0 saturated carbocycles. The van der Waals surface area contributed by atoms with Crippen LogP contribution in [0.5, 0.6) is 5.75 Å². The summed E-state index contributed by atoms with van der Waals surface area (Å²) in [6.45, 7) is 4.91. The summed E-state index contributed by atoms with van der Waals surface area (Å²) in [6, 6.07) is 14.4. The van der Waals surface area contributed by atoms with E-state index in [1.165, 1.54) is 16.7 Å². The molecule has 0 aromatic heterocycles. The van der Waals surface area contributed by atoms with Crippen LogP contribution in [0.4, 0.5) is 5.69 Å². The van der Waals surface area contributed by atoms with E-state index in [2.05, 4.69) is 48.7 Å². The molecule has 2 aromatic carbocycles. The van der Waals surface area contributed by atoms with E-state index in [0.717, 1.165) is 24.4 Å². The Morgan fingerprint density at radius 2 is 1.86 bits per heavy atom. The summed E-state index contributed by atoms with van der Waals surface area (Å²) in [5.41, 5.74) is 4.63. The molecule has 2 rings (SSSR count). The first-order valence-electron chi connectivity index (χ1n) is 7.33. The molecule has 116 valence electrons. The Morgan fingerprint density at radius 1 is 1.09 bits per heavy atom. The van der Waals surface area contributed by atoms with Gasteiger partial charge in [0.05, 0.1) is 7.11 Å². The molecule has 2 N–H and O–H groups in total. The highest BCUT2D eigenvalue weighted by Crippen LogP contribution is 2.19. The maximum atomic E-state index is 5.39. The van der Waals surface area contributed by atoms with Crippen LogP contribution >= 0.6 is 12.2 Å². The van der Waals surface area contributed by atoms with E-state index in [1.807, 2.05) is 18.2 Å². The van der Waals surface area contributed by atoms with Gasteiger partial charge in [-0.3, -0.25) is 0 Å². The van der Waals surface area contributed by atoms with Crippen molar-refractivity contribution in [3.05, 3.63) is 59.2 Å². The fraction of sp³-hybridized carbons (Fsp3) is 0.278. The third-order valence-electron chi connectivity index (χ3n) is 3.39. The summed E-state index contributed by atoms with van der Waals surface area (Å²) >= 11 is 5.33. The Bertz CT molecular complexity index is 655. The summed E-state index contributed by atoms with van der Waals surface area (Å²) in [6.07, 6.45) is 0.862. The molecule has 0 amide bonds. The molecule has 22 heavy (non-hydrogen) atoms. The van der Waals surface area contributed by atoms with Crippen molar-refractivity contribution in [2.24, 2.45) is 0 Å². The van der Waals surface area contributed by atoms with Crippen LogP contribution in [0.2, 0.25) is 0 Å². The Morgan fingerprint density at radius 3 is 2.59 bits per heavy atom. The lowest BCUT2D eigenvalue weighted by atomic mass is 10.1. The van der Waals surface area contributed by atoms with Crippen molar-refractivity contribution in [1.82, 2.24) is 5.32 Å². The minimum absolute atomic E-state index is 0.636. The molecule has 0 radical (unpaired) electrons. The van der Waals surface area contributed by atoms with Crippen LogP contribution in [0, 0.1) is 13.8 Å². The highest BCUT2D eigenvalue weighted by Gasteiger charge is 2.04. The van der Waals surface area contributed by atoms with E-state index in [4.69, 9.17) is 17.0 Å². The van der Waals surface area contributed by atoms with Gasteiger partial charge in [0.1, 0.15) is 5.75 Å². The molecule has 0 spiro atoms. The van der Waals surface area contributed by atoms with Crippen LogP contribution in [0.15, 0.2) is 42.5 Å². The van der Waals surface area contributed by atoms with Crippen molar-refractivity contribution in [2.75, 3.05) is 19.0 Å².